The Labute approximate surface area is 137 Å². The zero-order valence-corrected chi connectivity index (χ0v) is 12.8. The first kappa shape index (κ1) is 15.3. The number of hydrogen-bond donors (Lipinski definition) is 4. The van der Waals surface area contributed by atoms with E-state index in [2.05, 4.69) is 31.3 Å². The van der Waals surface area contributed by atoms with Crippen LogP contribution in [0.2, 0.25) is 0 Å². The summed E-state index contributed by atoms with van der Waals surface area (Å²) in [6.45, 7) is 1.77. The number of rotatable bonds is 5. The van der Waals surface area contributed by atoms with E-state index in [1.165, 1.54) is 6.33 Å². The van der Waals surface area contributed by atoms with Gasteiger partial charge in [0, 0.05) is 11.6 Å². The highest BCUT2D eigenvalue weighted by atomic mass is 16.5. The van der Waals surface area contributed by atoms with Gasteiger partial charge in [0.15, 0.2) is 17.5 Å². The van der Waals surface area contributed by atoms with Gasteiger partial charge in [-0.2, -0.15) is 0 Å². The molecule has 0 spiro atoms. The predicted octanol–water partition coefficient (Wildman–Crippen LogP) is 1.86. The van der Waals surface area contributed by atoms with Gasteiger partial charge < -0.3 is 15.6 Å². The number of aryl methyl sites for hydroxylation is 1. The van der Waals surface area contributed by atoms with Crippen molar-refractivity contribution >= 4 is 29.0 Å². The second-order valence-electron chi connectivity index (χ2n) is 4.88. The van der Waals surface area contributed by atoms with Gasteiger partial charge in [0.05, 0.1) is 0 Å². The smallest absolute Gasteiger partial charge is 0.269 e. The van der Waals surface area contributed by atoms with Crippen molar-refractivity contribution in [1.82, 2.24) is 20.6 Å². The van der Waals surface area contributed by atoms with Crippen molar-refractivity contribution in [2.24, 2.45) is 0 Å². The SMILES string of the molecule is Cc1cc(Nc2ncnc(NNC(=O)c3ccccc3)c2N)no1. The van der Waals surface area contributed by atoms with Crippen LogP contribution in [0.25, 0.3) is 0 Å². The third-order valence-electron chi connectivity index (χ3n) is 3.09. The fourth-order valence-corrected chi connectivity index (χ4v) is 1.92. The number of nitrogens with two attached hydrogens (primary N) is 1. The number of nitrogens with zero attached hydrogens (tertiary/aromatic N) is 3. The molecule has 5 N–H and O–H groups in total. The number of carbonyl (C=O) groups is 1. The molecule has 1 aromatic carbocycles. The number of aromatic nitrogens is 3. The second kappa shape index (κ2) is 6.65. The minimum atomic E-state index is -0.310. The number of hydrogen-bond acceptors (Lipinski definition) is 8. The van der Waals surface area contributed by atoms with E-state index in [-0.39, 0.29) is 17.4 Å². The van der Waals surface area contributed by atoms with Gasteiger partial charge in [-0.3, -0.25) is 15.6 Å². The van der Waals surface area contributed by atoms with Gasteiger partial charge >= 0.3 is 0 Å². The Morgan fingerprint density at radius 3 is 2.62 bits per heavy atom. The lowest BCUT2D eigenvalue weighted by Gasteiger charge is -2.12. The summed E-state index contributed by atoms with van der Waals surface area (Å²) in [5, 5.41) is 6.72. The van der Waals surface area contributed by atoms with E-state index < -0.39 is 0 Å². The van der Waals surface area contributed by atoms with Crippen molar-refractivity contribution in [2.75, 3.05) is 16.5 Å². The maximum absolute atomic E-state index is 12.0. The summed E-state index contributed by atoms with van der Waals surface area (Å²) >= 11 is 0. The predicted molar refractivity (Wildman–Crippen MR) is 88.5 cm³/mol. The van der Waals surface area contributed by atoms with Crippen LogP contribution in [0.4, 0.5) is 23.1 Å². The summed E-state index contributed by atoms with van der Waals surface area (Å²) in [4.78, 5) is 20.1. The summed E-state index contributed by atoms with van der Waals surface area (Å²) in [5.41, 5.74) is 12.0. The minimum Gasteiger partial charge on any atom is -0.393 e. The fourth-order valence-electron chi connectivity index (χ4n) is 1.92. The quantitative estimate of drug-likeness (QED) is 0.523. The van der Waals surface area contributed by atoms with E-state index in [0.29, 0.717) is 23.0 Å². The van der Waals surface area contributed by atoms with E-state index in [1.807, 2.05) is 6.07 Å². The standard InChI is InChI=1S/C15H15N7O2/c1-9-7-11(22-24-9)19-13-12(16)14(18-8-17-13)20-21-15(23)10-5-3-2-4-6-10/h2-8H,16H2,1H3,(H,21,23)(H2,17,18,19,20,22). The lowest BCUT2D eigenvalue weighted by Crippen LogP contribution is -2.30. The van der Waals surface area contributed by atoms with Crippen molar-refractivity contribution in [1.29, 1.82) is 0 Å². The lowest BCUT2D eigenvalue weighted by atomic mass is 10.2. The molecule has 0 atom stereocenters. The molecule has 0 aliphatic rings. The van der Waals surface area contributed by atoms with Crippen LogP contribution in [0.3, 0.4) is 0 Å². The monoisotopic (exact) mass is 325 g/mol. The Bertz CT molecular complexity index is 848. The second-order valence-corrected chi connectivity index (χ2v) is 4.88. The van der Waals surface area contributed by atoms with Gasteiger partial charge in [0.25, 0.3) is 5.91 Å². The zero-order chi connectivity index (χ0) is 16.9. The summed E-state index contributed by atoms with van der Waals surface area (Å²) in [7, 11) is 0. The summed E-state index contributed by atoms with van der Waals surface area (Å²) < 4.78 is 4.97. The molecule has 0 unspecified atom stereocenters. The van der Waals surface area contributed by atoms with Gasteiger partial charge in [0.1, 0.15) is 17.8 Å². The topological polar surface area (TPSA) is 131 Å². The van der Waals surface area contributed by atoms with Crippen molar-refractivity contribution in [2.45, 2.75) is 6.92 Å². The molecule has 24 heavy (non-hydrogen) atoms. The molecule has 2 heterocycles. The van der Waals surface area contributed by atoms with Crippen molar-refractivity contribution in [3.63, 3.8) is 0 Å². The van der Waals surface area contributed by atoms with Crippen LogP contribution in [0, 0.1) is 6.92 Å². The first-order chi connectivity index (χ1) is 11.6. The van der Waals surface area contributed by atoms with E-state index in [9.17, 15) is 4.79 Å². The first-order valence-corrected chi connectivity index (χ1v) is 7.05. The molecule has 3 aromatic rings. The van der Waals surface area contributed by atoms with E-state index >= 15 is 0 Å². The van der Waals surface area contributed by atoms with Crippen molar-refractivity contribution < 1.29 is 9.32 Å². The molecule has 0 saturated carbocycles. The highest BCUT2D eigenvalue weighted by Crippen LogP contribution is 2.24. The van der Waals surface area contributed by atoms with E-state index in [4.69, 9.17) is 10.3 Å². The van der Waals surface area contributed by atoms with Crippen molar-refractivity contribution in [3.8, 4) is 0 Å². The van der Waals surface area contributed by atoms with Gasteiger partial charge in [-0.1, -0.05) is 23.4 Å². The molecule has 122 valence electrons. The normalized spacial score (nSPS) is 10.2. The molecule has 0 radical (unpaired) electrons. The van der Waals surface area contributed by atoms with Crippen molar-refractivity contribution in [3.05, 3.63) is 54.0 Å². The Kier molecular flexibility index (Phi) is 4.23. The molecular formula is C15H15N7O2. The Morgan fingerprint density at radius 1 is 1.17 bits per heavy atom. The molecule has 2 aromatic heterocycles. The Hall–Kier alpha value is -3.62. The molecule has 9 heteroatoms. The van der Waals surface area contributed by atoms with E-state index in [0.717, 1.165) is 0 Å². The highest BCUT2D eigenvalue weighted by molar-refractivity contribution is 5.95. The number of benzene rings is 1. The number of hydrazine groups is 1. The molecule has 0 fully saturated rings. The molecule has 9 nitrogen and oxygen atoms in total. The number of carbonyl (C=O) groups excluding carboxylic acids is 1. The Balaban J connectivity index is 1.70. The van der Waals surface area contributed by atoms with Gasteiger partial charge in [-0.05, 0) is 19.1 Å². The first-order valence-electron chi connectivity index (χ1n) is 7.05. The third-order valence-corrected chi connectivity index (χ3v) is 3.09. The summed E-state index contributed by atoms with van der Waals surface area (Å²) in [6, 6.07) is 10.5. The van der Waals surface area contributed by atoms with Crippen LogP contribution >= 0.6 is 0 Å². The van der Waals surface area contributed by atoms with Crippen LogP contribution in [0.15, 0.2) is 47.2 Å². The van der Waals surface area contributed by atoms with Crippen LogP contribution in [0.5, 0.6) is 0 Å². The van der Waals surface area contributed by atoms with Gasteiger partial charge in [-0.25, -0.2) is 9.97 Å². The van der Waals surface area contributed by atoms with Crippen LogP contribution in [-0.2, 0) is 0 Å². The van der Waals surface area contributed by atoms with Gasteiger partial charge in [-0.15, -0.1) is 0 Å². The maximum Gasteiger partial charge on any atom is 0.269 e. The number of amides is 1. The van der Waals surface area contributed by atoms with E-state index in [1.54, 1.807) is 37.3 Å². The van der Waals surface area contributed by atoms with Crippen LogP contribution in [0.1, 0.15) is 16.1 Å². The summed E-state index contributed by atoms with van der Waals surface area (Å²) in [5.74, 6) is 1.41. The zero-order valence-electron chi connectivity index (χ0n) is 12.8. The maximum atomic E-state index is 12.0. The fraction of sp³-hybridized carbons (Fsp3) is 0.0667. The van der Waals surface area contributed by atoms with Crippen LogP contribution in [-0.4, -0.2) is 21.0 Å². The average Bonchev–Trinajstić information content (AvgIpc) is 3.01. The molecule has 0 saturated heterocycles. The molecule has 0 aliphatic carbocycles. The number of nitrogen functional groups attached to an aromatic ring is 1. The third kappa shape index (κ3) is 3.40. The average molecular weight is 325 g/mol. The number of nitrogens with one attached hydrogen (secondary N) is 3. The summed E-state index contributed by atoms with van der Waals surface area (Å²) in [6.07, 6.45) is 1.31. The van der Waals surface area contributed by atoms with Gasteiger partial charge in [0.2, 0.25) is 0 Å². The lowest BCUT2D eigenvalue weighted by molar-refractivity contribution is 0.0962. The molecule has 0 aliphatic heterocycles. The molecule has 3 rings (SSSR count). The highest BCUT2D eigenvalue weighted by Gasteiger charge is 2.11. The molecular weight excluding hydrogens is 310 g/mol. The molecule has 0 bridgehead atoms. The molecule has 1 amide bonds. The van der Waals surface area contributed by atoms with Crippen LogP contribution < -0.4 is 21.9 Å². The number of anilines is 4. The minimum absolute atomic E-state index is 0.228. The largest absolute Gasteiger partial charge is 0.393 e. The Morgan fingerprint density at radius 2 is 1.92 bits per heavy atom.